The smallest absolute Gasteiger partial charge is 0.264 e. The van der Waals surface area contributed by atoms with Gasteiger partial charge in [-0.2, -0.15) is 0 Å². The van der Waals surface area contributed by atoms with Crippen LogP contribution in [0.3, 0.4) is 0 Å². The first kappa shape index (κ1) is 22.5. The van der Waals surface area contributed by atoms with Crippen LogP contribution in [0.4, 0.5) is 5.69 Å². The molecule has 178 valence electrons. The lowest BCUT2D eigenvalue weighted by atomic mass is 10.1. The molecule has 1 fully saturated rings. The molecule has 7 nitrogen and oxygen atoms in total. The molecule has 1 aliphatic carbocycles. The Hall–Kier alpha value is -3.26. The van der Waals surface area contributed by atoms with Gasteiger partial charge >= 0.3 is 0 Å². The van der Waals surface area contributed by atoms with Crippen LogP contribution in [0.5, 0.6) is 11.5 Å². The molecule has 1 aromatic heterocycles. The van der Waals surface area contributed by atoms with Gasteiger partial charge in [0.2, 0.25) is 0 Å². The second-order valence-corrected chi connectivity index (χ2v) is 10.7. The van der Waals surface area contributed by atoms with E-state index < -0.39 is 10.0 Å². The number of sulfonamides is 1. The first-order chi connectivity index (χ1) is 16.4. The molecule has 0 atom stereocenters. The Morgan fingerprint density at radius 3 is 2.56 bits per heavy atom. The van der Waals surface area contributed by atoms with Gasteiger partial charge < -0.3 is 14.0 Å². The van der Waals surface area contributed by atoms with Crippen molar-refractivity contribution in [2.24, 2.45) is 13.0 Å². The number of anilines is 1. The lowest BCUT2D eigenvalue weighted by molar-refractivity contribution is 0.300. The number of para-hydroxylation sites is 1. The summed E-state index contributed by atoms with van der Waals surface area (Å²) in [6.07, 6.45) is 4.63. The van der Waals surface area contributed by atoms with E-state index in [2.05, 4.69) is 0 Å². The Labute approximate surface area is 199 Å². The number of hydrogen-bond acceptors (Lipinski definition) is 5. The van der Waals surface area contributed by atoms with Crippen molar-refractivity contribution < 1.29 is 17.9 Å². The molecule has 0 N–H and O–H groups in total. The lowest BCUT2D eigenvalue weighted by Gasteiger charge is -2.21. The zero-order valence-corrected chi connectivity index (χ0v) is 20.2. The summed E-state index contributed by atoms with van der Waals surface area (Å²) in [7, 11) is -2.13. The van der Waals surface area contributed by atoms with E-state index in [1.807, 2.05) is 31.2 Å². The third-order valence-corrected chi connectivity index (χ3v) is 8.14. The normalized spacial score (nSPS) is 15.3. The van der Waals surface area contributed by atoms with Gasteiger partial charge in [-0.1, -0.05) is 18.2 Å². The summed E-state index contributed by atoms with van der Waals surface area (Å²) < 4.78 is 42.2. The van der Waals surface area contributed by atoms with Crippen molar-refractivity contribution >= 4 is 15.7 Å². The van der Waals surface area contributed by atoms with Crippen molar-refractivity contribution in [3.63, 3.8) is 0 Å². The Morgan fingerprint density at radius 1 is 1.00 bits per heavy atom. The summed E-state index contributed by atoms with van der Waals surface area (Å²) in [5.41, 5.74) is 2.74. The Balaban J connectivity index is 1.62. The third-order valence-electron chi connectivity index (χ3n) is 6.34. The van der Waals surface area contributed by atoms with Gasteiger partial charge in [-0.25, -0.2) is 8.42 Å². The maximum Gasteiger partial charge on any atom is 0.264 e. The van der Waals surface area contributed by atoms with Crippen molar-refractivity contribution in [2.75, 3.05) is 24.1 Å². The first-order valence-electron chi connectivity index (χ1n) is 11.6. The molecule has 1 aliphatic heterocycles. The molecular weight excluding hydrogens is 452 g/mol. The maximum atomic E-state index is 13.7. The number of aromatic nitrogens is 1. The van der Waals surface area contributed by atoms with Gasteiger partial charge in [-0.15, -0.1) is 0 Å². The number of rotatable bonds is 8. The minimum Gasteiger partial charge on any atom is -0.493 e. The highest BCUT2D eigenvalue weighted by Gasteiger charge is 2.32. The van der Waals surface area contributed by atoms with Gasteiger partial charge in [0.25, 0.3) is 15.6 Å². The number of ether oxygens (including phenoxy) is 2. The zero-order valence-electron chi connectivity index (χ0n) is 19.4. The molecule has 2 aromatic carbocycles. The molecule has 0 unspecified atom stereocenters. The Morgan fingerprint density at radius 2 is 1.79 bits per heavy atom. The van der Waals surface area contributed by atoms with Crippen LogP contribution < -0.4 is 19.3 Å². The largest absolute Gasteiger partial charge is 0.493 e. The molecule has 0 saturated heterocycles. The first-order valence-corrected chi connectivity index (χ1v) is 13.0. The number of benzene rings is 2. The second-order valence-electron chi connectivity index (χ2n) is 8.80. The summed E-state index contributed by atoms with van der Waals surface area (Å²) in [6, 6.07) is 14.0. The predicted molar refractivity (Wildman–Crippen MR) is 131 cm³/mol. The van der Waals surface area contributed by atoms with Crippen LogP contribution >= 0.6 is 0 Å². The van der Waals surface area contributed by atoms with Crippen molar-refractivity contribution in [3.8, 4) is 22.6 Å². The zero-order chi connectivity index (χ0) is 23.9. The van der Waals surface area contributed by atoms with E-state index in [0.717, 1.165) is 24.1 Å². The predicted octanol–water partition coefficient (Wildman–Crippen LogP) is 3.99. The summed E-state index contributed by atoms with van der Waals surface area (Å²) >= 11 is 0. The summed E-state index contributed by atoms with van der Waals surface area (Å²) in [4.78, 5) is 12.4. The number of pyridine rings is 1. The fraction of sp³-hybridized carbons (Fsp3) is 0.346. The minimum atomic E-state index is -3.79. The van der Waals surface area contributed by atoms with E-state index in [-0.39, 0.29) is 10.5 Å². The number of aryl methyl sites for hydroxylation is 1. The van der Waals surface area contributed by atoms with Gasteiger partial charge in [0.15, 0.2) is 0 Å². The minimum absolute atomic E-state index is 0.175. The molecule has 0 amide bonds. The topological polar surface area (TPSA) is 77.8 Å². The Bertz CT molecular complexity index is 1390. The van der Waals surface area contributed by atoms with Crippen LogP contribution in [0.25, 0.3) is 11.1 Å². The highest BCUT2D eigenvalue weighted by atomic mass is 32.2. The highest BCUT2D eigenvalue weighted by molar-refractivity contribution is 7.92. The summed E-state index contributed by atoms with van der Waals surface area (Å²) in [6.45, 7) is 3.20. The van der Waals surface area contributed by atoms with E-state index in [0.29, 0.717) is 54.7 Å². The molecule has 1 saturated carbocycles. The van der Waals surface area contributed by atoms with Gasteiger partial charge in [0.1, 0.15) is 11.5 Å². The fourth-order valence-corrected chi connectivity index (χ4v) is 5.80. The molecule has 0 spiro atoms. The number of nitrogens with zero attached hydrogens (tertiary/aromatic N) is 2. The Kier molecular flexibility index (Phi) is 5.85. The molecule has 8 heteroatoms. The number of hydrogen-bond donors (Lipinski definition) is 0. The van der Waals surface area contributed by atoms with Gasteiger partial charge in [0.05, 0.1) is 23.8 Å². The van der Waals surface area contributed by atoms with E-state index in [4.69, 9.17) is 9.47 Å². The molecule has 0 bridgehead atoms. The van der Waals surface area contributed by atoms with Crippen LogP contribution in [-0.2, 0) is 23.5 Å². The standard InChI is InChI=1S/C26H28N2O5S/c1-3-32-25-15-26(29)27(2)16-22(25)21-14-20(10-11-24(21)33-17-18-8-9-18)34(30,31)28-13-12-19-6-4-5-7-23(19)28/h4-7,10-11,14-16,18H,3,8-9,12-13,17H2,1-2H3. The molecule has 2 heterocycles. The van der Waals surface area contributed by atoms with Crippen LogP contribution in [0.1, 0.15) is 25.3 Å². The molecule has 2 aliphatic rings. The van der Waals surface area contributed by atoms with E-state index in [1.54, 1.807) is 31.4 Å². The highest BCUT2D eigenvalue weighted by Crippen LogP contribution is 2.40. The van der Waals surface area contributed by atoms with Crippen LogP contribution in [0, 0.1) is 5.92 Å². The second kappa shape index (κ2) is 8.83. The van der Waals surface area contributed by atoms with E-state index >= 15 is 0 Å². The summed E-state index contributed by atoms with van der Waals surface area (Å²) in [5, 5.41) is 0. The maximum absolute atomic E-state index is 13.7. The SMILES string of the molecule is CCOc1cc(=O)n(C)cc1-c1cc(S(=O)(=O)N2CCc3ccccc32)ccc1OCC1CC1. The van der Waals surface area contributed by atoms with Crippen molar-refractivity contribution in [2.45, 2.75) is 31.1 Å². The molecule has 3 aromatic rings. The fourth-order valence-electron chi connectivity index (χ4n) is 4.27. The van der Waals surface area contributed by atoms with Crippen LogP contribution in [-0.4, -0.2) is 32.7 Å². The van der Waals surface area contributed by atoms with Crippen LogP contribution in [0.15, 0.2) is 64.4 Å². The van der Waals surface area contributed by atoms with Crippen LogP contribution in [0.2, 0.25) is 0 Å². The molecule has 34 heavy (non-hydrogen) atoms. The average Bonchev–Trinajstić information content (AvgIpc) is 3.55. The lowest BCUT2D eigenvalue weighted by Crippen LogP contribution is -2.29. The quantitative estimate of drug-likeness (QED) is 0.487. The summed E-state index contributed by atoms with van der Waals surface area (Å²) in [5.74, 6) is 1.51. The third kappa shape index (κ3) is 4.18. The van der Waals surface area contributed by atoms with Crippen molar-refractivity contribution in [1.82, 2.24) is 4.57 Å². The van der Waals surface area contributed by atoms with Crippen molar-refractivity contribution in [3.05, 3.63) is 70.6 Å². The van der Waals surface area contributed by atoms with Gasteiger partial charge in [-0.05, 0) is 61.9 Å². The molecule has 0 radical (unpaired) electrons. The van der Waals surface area contributed by atoms with E-state index in [9.17, 15) is 13.2 Å². The molecular formula is C26H28N2O5S. The monoisotopic (exact) mass is 480 g/mol. The van der Waals surface area contributed by atoms with Gasteiger partial charge in [0, 0.05) is 37.0 Å². The average molecular weight is 481 g/mol. The van der Waals surface area contributed by atoms with Gasteiger partial charge in [-0.3, -0.25) is 9.10 Å². The number of fused-ring (bicyclic) bond motifs is 1. The van der Waals surface area contributed by atoms with E-state index in [1.165, 1.54) is 14.9 Å². The van der Waals surface area contributed by atoms with Crippen molar-refractivity contribution in [1.29, 1.82) is 0 Å². The molecule has 5 rings (SSSR count).